The second-order valence-corrected chi connectivity index (χ2v) is 8.18. The summed E-state index contributed by atoms with van der Waals surface area (Å²) in [7, 11) is 0. The minimum absolute atomic E-state index is 0.0219. The molecule has 1 aliphatic rings. The summed E-state index contributed by atoms with van der Waals surface area (Å²) < 4.78 is 18.4. The van der Waals surface area contributed by atoms with Gasteiger partial charge in [0.1, 0.15) is 18.5 Å². The van der Waals surface area contributed by atoms with E-state index in [1.165, 1.54) is 0 Å². The molecule has 4 unspecified atom stereocenters. The molecule has 218 valence electrons. The first-order valence-electron chi connectivity index (χ1n) is 11.4. The molecule has 1 saturated heterocycles. The lowest BCUT2D eigenvalue weighted by molar-refractivity contribution is -0.233. The summed E-state index contributed by atoms with van der Waals surface area (Å²) in [6.07, 6.45) is -4.19. The van der Waals surface area contributed by atoms with Crippen LogP contribution in [0.4, 0.5) is 0 Å². The van der Waals surface area contributed by atoms with Crippen LogP contribution in [0, 0.1) is 0 Å². The predicted molar refractivity (Wildman–Crippen MR) is 128 cm³/mol. The topological polar surface area (TPSA) is 340 Å². The highest BCUT2D eigenvalue weighted by molar-refractivity contribution is 5.99. The number of guanidine groups is 2. The van der Waals surface area contributed by atoms with Crippen molar-refractivity contribution in [3.8, 4) is 0 Å². The average molecular weight is 561 g/mol. The summed E-state index contributed by atoms with van der Waals surface area (Å²) in [5.74, 6) is -12.8. The molecule has 1 aliphatic heterocycles. The van der Waals surface area contributed by atoms with Crippen LogP contribution < -0.4 is 34.4 Å². The van der Waals surface area contributed by atoms with Gasteiger partial charge in [0.15, 0.2) is 11.9 Å². The molecule has 1 fully saturated rings. The van der Waals surface area contributed by atoms with E-state index in [1.54, 1.807) is 0 Å². The highest BCUT2D eigenvalue weighted by Crippen LogP contribution is 2.21. The lowest BCUT2D eigenvalue weighted by atomic mass is 10.1. The van der Waals surface area contributed by atoms with Crippen molar-refractivity contribution in [2.45, 2.75) is 62.5 Å². The molecule has 4 atom stereocenters. The third-order valence-electron chi connectivity index (χ3n) is 4.81. The fourth-order valence-electron chi connectivity index (χ4n) is 2.85. The SMILES string of the molecule is NC(N)=NCCCC(N)C(=O)OC1CC(=O)OC(=O)C(O)(OC(=O)C(N)CCCN=C(N)N)CC(=O)OC1=O. The van der Waals surface area contributed by atoms with Gasteiger partial charge in [-0.15, -0.1) is 0 Å². The predicted octanol–water partition coefficient (Wildman–Crippen LogP) is -5.17. The molecule has 0 aromatic carbocycles. The van der Waals surface area contributed by atoms with Gasteiger partial charge in [-0.25, -0.2) is 9.59 Å². The monoisotopic (exact) mass is 560 g/mol. The Balaban J connectivity index is 2.86. The van der Waals surface area contributed by atoms with E-state index in [-0.39, 0.29) is 50.7 Å². The number of aliphatic hydroxyl groups is 1. The van der Waals surface area contributed by atoms with Gasteiger partial charge in [-0.1, -0.05) is 0 Å². The van der Waals surface area contributed by atoms with Crippen LogP contribution in [-0.4, -0.2) is 89.9 Å². The number of carbonyl (C=O) groups is 6. The lowest BCUT2D eigenvalue weighted by Gasteiger charge is -2.27. The molecule has 0 aromatic rings. The Morgan fingerprint density at radius 1 is 0.897 bits per heavy atom. The Bertz CT molecular complexity index is 1010. The minimum atomic E-state index is -3.37. The van der Waals surface area contributed by atoms with Crippen LogP contribution in [0.5, 0.6) is 0 Å². The molecular weight excluding hydrogens is 528 g/mol. The van der Waals surface area contributed by atoms with E-state index in [2.05, 4.69) is 24.2 Å². The maximum Gasteiger partial charge on any atom is 0.387 e. The van der Waals surface area contributed by atoms with Gasteiger partial charge in [0.05, 0.1) is 6.42 Å². The van der Waals surface area contributed by atoms with Crippen molar-refractivity contribution >= 4 is 47.7 Å². The van der Waals surface area contributed by atoms with Gasteiger partial charge >= 0.3 is 41.6 Å². The van der Waals surface area contributed by atoms with E-state index in [0.717, 1.165) is 0 Å². The van der Waals surface area contributed by atoms with E-state index in [4.69, 9.17) is 39.1 Å². The molecule has 13 N–H and O–H groups in total. The number of nitrogens with two attached hydrogens (primary N) is 6. The van der Waals surface area contributed by atoms with Gasteiger partial charge in [-0.05, 0) is 25.7 Å². The highest BCUT2D eigenvalue weighted by Gasteiger charge is 2.49. The zero-order chi connectivity index (χ0) is 29.8. The summed E-state index contributed by atoms with van der Waals surface area (Å²) >= 11 is 0. The number of rotatable bonds is 12. The number of nitrogens with zero attached hydrogens (tertiary/aromatic N) is 2. The third-order valence-corrected chi connectivity index (χ3v) is 4.81. The number of ether oxygens (including phenoxy) is 4. The Morgan fingerprint density at radius 2 is 1.41 bits per heavy atom. The number of esters is 6. The number of carbonyl (C=O) groups excluding carboxylic acids is 6. The molecule has 0 aromatic heterocycles. The van der Waals surface area contributed by atoms with Gasteiger partial charge in [0.2, 0.25) is 6.10 Å². The van der Waals surface area contributed by atoms with Gasteiger partial charge in [0.25, 0.3) is 0 Å². The second-order valence-electron chi connectivity index (χ2n) is 8.18. The standard InChI is InChI=1S/C20H32N8O11/c21-9(3-1-5-27-18(23)24)14(31)36-11-7-12(29)38-17(34)20(35,8-13(30)37-16(11)33)39-15(32)10(22)4-2-6-28-19(25)26/h9-11,35H,1-8,21-22H2,(H4,23,24,27)(H4,25,26,28). The molecule has 0 amide bonds. The molecule has 0 spiro atoms. The number of hydrogen-bond acceptors (Lipinski definition) is 15. The molecule has 0 saturated carbocycles. The van der Waals surface area contributed by atoms with Crippen LogP contribution >= 0.6 is 0 Å². The highest BCUT2D eigenvalue weighted by atomic mass is 16.7. The zero-order valence-electron chi connectivity index (χ0n) is 20.8. The van der Waals surface area contributed by atoms with Crippen LogP contribution in [0.25, 0.3) is 0 Å². The van der Waals surface area contributed by atoms with E-state index >= 15 is 0 Å². The van der Waals surface area contributed by atoms with Gasteiger partial charge in [-0.2, -0.15) is 0 Å². The van der Waals surface area contributed by atoms with Crippen molar-refractivity contribution in [1.29, 1.82) is 0 Å². The van der Waals surface area contributed by atoms with E-state index in [9.17, 15) is 33.9 Å². The van der Waals surface area contributed by atoms with E-state index in [1.807, 2.05) is 0 Å². The van der Waals surface area contributed by atoms with Gasteiger partial charge < -0.3 is 58.5 Å². The summed E-state index contributed by atoms with van der Waals surface area (Å²) in [5.41, 5.74) is 32.0. The molecule has 39 heavy (non-hydrogen) atoms. The fraction of sp³-hybridized carbons (Fsp3) is 0.600. The Hall–Kier alpha value is -4.36. The summed E-state index contributed by atoms with van der Waals surface area (Å²) in [6, 6.07) is -2.68. The Kier molecular flexibility index (Phi) is 12.7. The van der Waals surface area contributed by atoms with Crippen molar-refractivity contribution in [2.24, 2.45) is 44.4 Å². The van der Waals surface area contributed by atoms with Crippen LogP contribution in [0.1, 0.15) is 38.5 Å². The fourth-order valence-corrected chi connectivity index (χ4v) is 2.85. The molecular formula is C20H32N8O11. The van der Waals surface area contributed by atoms with Gasteiger partial charge in [-0.3, -0.25) is 29.2 Å². The normalized spacial score (nSPS) is 21.5. The van der Waals surface area contributed by atoms with Crippen LogP contribution in [0.3, 0.4) is 0 Å². The summed E-state index contributed by atoms with van der Waals surface area (Å²) in [4.78, 5) is 81.1. The maximum atomic E-state index is 12.4. The number of cyclic esters (lactones) is 4. The molecule has 19 nitrogen and oxygen atoms in total. The maximum absolute atomic E-state index is 12.4. The molecule has 0 aliphatic carbocycles. The summed E-state index contributed by atoms with van der Waals surface area (Å²) in [6.45, 7) is 0.251. The molecule has 1 heterocycles. The largest absolute Gasteiger partial charge is 0.449 e. The first-order chi connectivity index (χ1) is 18.1. The minimum Gasteiger partial charge on any atom is -0.449 e. The van der Waals surface area contributed by atoms with Crippen molar-refractivity contribution in [3.63, 3.8) is 0 Å². The van der Waals surface area contributed by atoms with Crippen molar-refractivity contribution in [3.05, 3.63) is 0 Å². The lowest BCUT2D eigenvalue weighted by Crippen LogP contribution is -2.51. The first-order valence-corrected chi connectivity index (χ1v) is 11.4. The zero-order valence-corrected chi connectivity index (χ0v) is 20.8. The van der Waals surface area contributed by atoms with Crippen LogP contribution in [0.2, 0.25) is 0 Å². The first kappa shape index (κ1) is 32.7. The molecule has 0 radical (unpaired) electrons. The van der Waals surface area contributed by atoms with E-state index in [0.29, 0.717) is 0 Å². The second kappa shape index (κ2) is 15.1. The summed E-state index contributed by atoms with van der Waals surface area (Å²) in [5, 5.41) is 10.5. The van der Waals surface area contributed by atoms with Gasteiger partial charge in [0, 0.05) is 13.1 Å². The Labute approximate surface area is 221 Å². The van der Waals surface area contributed by atoms with Crippen molar-refractivity contribution in [2.75, 3.05) is 13.1 Å². The van der Waals surface area contributed by atoms with Crippen LogP contribution in [-0.2, 0) is 47.7 Å². The van der Waals surface area contributed by atoms with Crippen molar-refractivity contribution < 1.29 is 52.8 Å². The molecule has 1 rings (SSSR count). The molecule has 0 bridgehead atoms. The average Bonchev–Trinajstić information content (AvgIpc) is 2.82. The van der Waals surface area contributed by atoms with E-state index < -0.39 is 72.6 Å². The number of aliphatic imine (C=N–C) groups is 2. The third kappa shape index (κ3) is 11.7. The smallest absolute Gasteiger partial charge is 0.387 e. The van der Waals surface area contributed by atoms with Crippen LogP contribution in [0.15, 0.2) is 9.98 Å². The number of hydrogen-bond donors (Lipinski definition) is 7. The molecule has 19 heteroatoms. The van der Waals surface area contributed by atoms with Crippen molar-refractivity contribution in [1.82, 2.24) is 0 Å². The Morgan fingerprint density at radius 3 is 1.92 bits per heavy atom. The quantitative estimate of drug-likeness (QED) is 0.0223.